The smallest absolute Gasteiger partial charge is 0.268 e. The van der Waals surface area contributed by atoms with Crippen molar-refractivity contribution in [2.24, 2.45) is 0 Å². The van der Waals surface area contributed by atoms with Crippen molar-refractivity contribution in [3.05, 3.63) is 40.2 Å². The lowest BCUT2D eigenvalue weighted by atomic mass is 10.2. The van der Waals surface area contributed by atoms with Crippen LogP contribution in [0.2, 0.25) is 5.02 Å². The summed E-state index contributed by atoms with van der Waals surface area (Å²) in [5, 5.41) is 4.61. The van der Waals surface area contributed by atoms with Crippen LogP contribution >= 0.6 is 22.9 Å². The van der Waals surface area contributed by atoms with Crippen LogP contribution in [-0.2, 0) is 14.8 Å². The Morgan fingerprint density at radius 1 is 1.23 bits per heavy atom. The molecule has 0 unspecified atom stereocenters. The van der Waals surface area contributed by atoms with Crippen LogP contribution in [0, 0.1) is 6.92 Å². The van der Waals surface area contributed by atoms with Crippen LogP contribution in [0.5, 0.6) is 0 Å². The summed E-state index contributed by atoms with van der Waals surface area (Å²) in [7, 11) is -3.63. The molecule has 0 aliphatic carbocycles. The molecule has 3 aromatic rings. The van der Waals surface area contributed by atoms with Crippen molar-refractivity contribution in [1.29, 1.82) is 0 Å². The molecule has 0 atom stereocenters. The van der Waals surface area contributed by atoms with Gasteiger partial charge in [0.15, 0.2) is 0 Å². The molecule has 1 N–H and O–H groups in total. The maximum absolute atomic E-state index is 12.8. The molecular formula is C19H21ClN4O4S2. The number of ether oxygens (including phenoxy) is 1. The van der Waals surface area contributed by atoms with Gasteiger partial charge < -0.3 is 9.26 Å². The van der Waals surface area contributed by atoms with Gasteiger partial charge in [-0.3, -0.25) is 4.90 Å². The van der Waals surface area contributed by atoms with Crippen molar-refractivity contribution in [1.82, 2.24) is 19.8 Å². The third kappa shape index (κ3) is 4.90. The summed E-state index contributed by atoms with van der Waals surface area (Å²) < 4.78 is 38.9. The lowest BCUT2D eigenvalue weighted by molar-refractivity contribution is 0.0390. The van der Waals surface area contributed by atoms with Crippen LogP contribution in [0.4, 0.5) is 0 Å². The van der Waals surface area contributed by atoms with Gasteiger partial charge in [-0.25, -0.2) is 13.1 Å². The van der Waals surface area contributed by atoms with Gasteiger partial charge in [0.05, 0.1) is 23.0 Å². The molecule has 1 fully saturated rings. The molecule has 0 spiro atoms. The molecule has 0 saturated carbocycles. The summed E-state index contributed by atoms with van der Waals surface area (Å²) in [6.45, 7) is 5.75. The lowest BCUT2D eigenvalue weighted by Crippen LogP contribution is -2.41. The number of sulfonamides is 1. The van der Waals surface area contributed by atoms with E-state index in [9.17, 15) is 8.42 Å². The highest BCUT2D eigenvalue weighted by Gasteiger charge is 2.23. The number of nitrogens with one attached hydrogen (secondary N) is 1. The number of rotatable bonds is 7. The minimum absolute atomic E-state index is 0.232. The monoisotopic (exact) mass is 468 g/mol. The second-order valence-corrected chi connectivity index (χ2v) is 10.2. The third-order valence-electron chi connectivity index (χ3n) is 4.72. The molecule has 30 heavy (non-hydrogen) atoms. The van der Waals surface area contributed by atoms with E-state index in [2.05, 4.69) is 19.8 Å². The Morgan fingerprint density at radius 2 is 1.97 bits per heavy atom. The van der Waals surface area contributed by atoms with E-state index in [1.54, 1.807) is 37.3 Å². The molecular weight excluding hydrogens is 448 g/mol. The van der Waals surface area contributed by atoms with E-state index in [0.29, 0.717) is 46.9 Å². The quantitative estimate of drug-likeness (QED) is 0.569. The summed E-state index contributed by atoms with van der Waals surface area (Å²) in [4.78, 5) is 8.07. The van der Waals surface area contributed by atoms with Crippen molar-refractivity contribution in [2.75, 3.05) is 39.4 Å². The number of morpholine rings is 1. The molecule has 1 aliphatic heterocycles. The largest absolute Gasteiger partial charge is 0.379 e. The molecule has 0 radical (unpaired) electrons. The Hall–Kier alpha value is -1.82. The van der Waals surface area contributed by atoms with Crippen LogP contribution in [0.1, 0.15) is 4.88 Å². The van der Waals surface area contributed by atoms with Crippen molar-refractivity contribution in [3.63, 3.8) is 0 Å². The van der Waals surface area contributed by atoms with E-state index in [1.165, 1.54) is 11.3 Å². The predicted molar refractivity (Wildman–Crippen MR) is 115 cm³/mol. The van der Waals surface area contributed by atoms with E-state index in [4.69, 9.17) is 20.9 Å². The molecule has 0 bridgehead atoms. The third-order valence-corrected chi connectivity index (χ3v) is 7.73. The first-order chi connectivity index (χ1) is 14.4. The minimum atomic E-state index is -3.63. The van der Waals surface area contributed by atoms with Crippen LogP contribution in [-0.4, -0.2) is 62.9 Å². The number of aryl methyl sites for hydroxylation is 1. The summed E-state index contributed by atoms with van der Waals surface area (Å²) in [6.07, 6.45) is 0. The predicted octanol–water partition coefficient (Wildman–Crippen LogP) is 3.04. The Labute approximate surface area is 183 Å². The highest BCUT2D eigenvalue weighted by molar-refractivity contribution is 7.89. The number of benzene rings is 1. The number of thiophene rings is 1. The summed E-state index contributed by atoms with van der Waals surface area (Å²) >= 11 is 7.21. The van der Waals surface area contributed by atoms with E-state index >= 15 is 0 Å². The minimum Gasteiger partial charge on any atom is -0.379 e. The van der Waals surface area contributed by atoms with Crippen LogP contribution < -0.4 is 4.72 Å². The van der Waals surface area contributed by atoms with E-state index in [1.807, 2.05) is 0 Å². The van der Waals surface area contributed by atoms with E-state index < -0.39 is 10.0 Å². The van der Waals surface area contributed by atoms with Crippen molar-refractivity contribution in [3.8, 4) is 22.2 Å². The Kier molecular flexibility index (Phi) is 6.51. The number of hydrogen-bond acceptors (Lipinski definition) is 8. The second kappa shape index (κ2) is 9.13. The fraction of sp³-hybridized carbons (Fsp3) is 0.368. The topological polar surface area (TPSA) is 97.6 Å². The summed E-state index contributed by atoms with van der Waals surface area (Å²) in [5.41, 5.74) is 0.764. The average Bonchev–Trinajstić information content (AvgIpc) is 3.36. The average molecular weight is 469 g/mol. The fourth-order valence-electron chi connectivity index (χ4n) is 3.12. The number of hydrogen-bond donors (Lipinski definition) is 1. The van der Waals surface area contributed by atoms with Gasteiger partial charge in [0.2, 0.25) is 15.8 Å². The Bertz CT molecular complexity index is 1110. The fourth-order valence-corrected chi connectivity index (χ4v) is 5.78. The van der Waals surface area contributed by atoms with Crippen molar-refractivity contribution < 1.29 is 17.7 Å². The van der Waals surface area contributed by atoms with Crippen LogP contribution in [0.3, 0.4) is 0 Å². The number of halogens is 1. The molecule has 0 amide bonds. The summed E-state index contributed by atoms with van der Waals surface area (Å²) in [6, 6.07) is 8.66. The molecule has 1 saturated heterocycles. The van der Waals surface area contributed by atoms with Gasteiger partial charge in [-0.15, -0.1) is 11.3 Å². The van der Waals surface area contributed by atoms with Crippen molar-refractivity contribution in [2.45, 2.75) is 11.8 Å². The molecule has 4 rings (SSSR count). The first kappa shape index (κ1) is 21.4. The van der Waals surface area contributed by atoms with Gasteiger partial charge in [0.25, 0.3) is 5.89 Å². The SMILES string of the molecule is Cc1sc(-c2nc(-c3ccc(Cl)cc3)no2)cc1S(=O)(=O)NCCN1CCOCC1. The molecule has 11 heteroatoms. The highest BCUT2D eigenvalue weighted by atomic mass is 35.5. The Balaban J connectivity index is 1.46. The first-order valence-corrected chi connectivity index (χ1v) is 12.1. The van der Waals surface area contributed by atoms with Gasteiger partial charge in [-0.2, -0.15) is 4.98 Å². The maximum Gasteiger partial charge on any atom is 0.268 e. The van der Waals surface area contributed by atoms with Gasteiger partial charge in [-0.1, -0.05) is 16.8 Å². The first-order valence-electron chi connectivity index (χ1n) is 9.42. The van der Waals surface area contributed by atoms with Gasteiger partial charge in [0.1, 0.15) is 0 Å². The molecule has 160 valence electrons. The molecule has 3 heterocycles. The van der Waals surface area contributed by atoms with E-state index in [-0.39, 0.29) is 10.8 Å². The molecule has 2 aromatic heterocycles. The van der Waals surface area contributed by atoms with Gasteiger partial charge in [0, 0.05) is 41.6 Å². The maximum atomic E-state index is 12.8. The number of aromatic nitrogens is 2. The zero-order valence-corrected chi connectivity index (χ0v) is 18.7. The summed E-state index contributed by atoms with van der Waals surface area (Å²) in [5.74, 6) is 0.698. The highest BCUT2D eigenvalue weighted by Crippen LogP contribution is 2.33. The Morgan fingerprint density at radius 3 is 2.70 bits per heavy atom. The molecule has 1 aliphatic rings. The van der Waals surface area contributed by atoms with E-state index in [0.717, 1.165) is 18.7 Å². The van der Waals surface area contributed by atoms with Crippen LogP contribution in [0.25, 0.3) is 22.2 Å². The lowest BCUT2D eigenvalue weighted by Gasteiger charge is -2.26. The number of nitrogens with zero attached hydrogens (tertiary/aromatic N) is 3. The van der Waals surface area contributed by atoms with Crippen LogP contribution in [0.15, 0.2) is 39.8 Å². The van der Waals surface area contributed by atoms with Gasteiger partial charge >= 0.3 is 0 Å². The molecule has 8 nitrogen and oxygen atoms in total. The van der Waals surface area contributed by atoms with Crippen molar-refractivity contribution >= 4 is 33.0 Å². The molecule has 1 aromatic carbocycles. The zero-order valence-electron chi connectivity index (χ0n) is 16.3. The van der Waals surface area contributed by atoms with Gasteiger partial charge in [-0.05, 0) is 37.3 Å². The zero-order chi connectivity index (χ0) is 21.1. The standard InChI is InChI=1S/C19H21ClN4O4S2/c1-13-17(30(25,26)21-6-7-24-8-10-27-11-9-24)12-16(29-13)19-22-18(23-28-19)14-2-4-15(20)5-3-14/h2-5,12,21H,6-11H2,1H3. The normalized spacial score (nSPS) is 15.5. The second-order valence-electron chi connectivity index (χ2n) is 6.81.